The molecule has 0 spiro atoms. The zero-order chi connectivity index (χ0) is 26.6. The molecule has 2 bridgehead atoms. The molecule has 0 aliphatic heterocycles. The third kappa shape index (κ3) is 4.55. The zero-order valence-corrected chi connectivity index (χ0v) is 21.8. The molecule has 1 amide bonds. The highest BCUT2D eigenvalue weighted by molar-refractivity contribution is 7.92. The van der Waals surface area contributed by atoms with Crippen LogP contribution in [0.1, 0.15) is 50.4 Å². The lowest BCUT2D eigenvalue weighted by atomic mass is 9.68. The number of aliphatic hydroxyl groups is 2. The molecule has 4 unspecified atom stereocenters. The first-order valence-corrected chi connectivity index (χ1v) is 13.9. The van der Waals surface area contributed by atoms with Crippen molar-refractivity contribution in [2.45, 2.75) is 61.9 Å². The first-order chi connectivity index (χ1) is 16.8. The topological polar surface area (TPSA) is 104 Å². The molecule has 2 aromatic carbocycles. The largest absolute Gasteiger partial charge is 0.390 e. The first-order valence-electron chi connectivity index (χ1n) is 12.0. The van der Waals surface area contributed by atoms with Gasteiger partial charge in [-0.15, -0.1) is 0 Å². The standard InChI is InChI=1S/C26H30ClF2NO5S/c1-13(2)24(31)26(33)16-8-14(3)19(26)12-18(10-16)36(34,35)23-9-15(4-6-20(23)27)25(32)30-17-5-7-21(28)22(29)11-17/h4-7,9,11,13-14,16,18-19,24,31,33H,8,10,12H2,1-3H3,(H,30,32)/t14-,16?,18?,19?,24?,26+/m0/s1. The molecule has 2 fully saturated rings. The van der Waals surface area contributed by atoms with Crippen LogP contribution in [0, 0.1) is 35.3 Å². The van der Waals surface area contributed by atoms with Crippen molar-refractivity contribution in [2.24, 2.45) is 23.7 Å². The summed E-state index contributed by atoms with van der Waals surface area (Å²) in [6.07, 6.45) is -0.0121. The van der Waals surface area contributed by atoms with E-state index in [1.165, 1.54) is 24.3 Å². The maximum absolute atomic E-state index is 13.7. The Morgan fingerprint density at radius 2 is 1.81 bits per heavy atom. The quantitative estimate of drug-likeness (QED) is 0.486. The summed E-state index contributed by atoms with van der Waals surface area (Å²) in [6, 6.07) is 6.73. The number of hydrogen-bond acceptors (Lipinski definition) is 5. The number of amides is 1. The van der Waals surface area contributed by atoms with Crippen LogP contribution in [0.25, 0.3) is 0 Å². The molecule has 2 aliphatic rings. The highest BCUT2D eigenvalue weighted by Gasteiger charge is 2.61. The maximum atomic E-state index is 13.7. The van der Waals surface area contributed by atoms with Crippen LogP contribution in [-0.4, -0.2) is 41.5 Å². The molecule has 10 heteroatoms. The van der Waals surface area contributed by atoms with Crippen LogP contribution >= 0.6 is 11.6 Å². The number of benzene rings is 2. The third-order valence-electron chi connectivity index (χ3n) is 7.88. The van der Waals surface area contributed by atoms with Crippen LogP contribution in [0.5, 0.6) is 0 Å². The van der Waals surface area contributed by atoms with E-state index in [1.807, 2.05) is 20.8 Å². The van der Waals surface area contributed by atoms with Gasteiger partial charge in [-0.2, -0.15) is 0 Å². The Kier molecular flexibility index (Phi) is 7.24. The Morgan fingerprint density at radius 3 is 2.42 bits per heavy atom. The van der Waals surface area contributed by atoms with E-state index in [4.69, 9.17) is 11.6 Å². The Labute approximate surface area is 214 Å². The van der Waals surface area contributed by atoms with E-state index in [1.54, 1.807) is 0 Å². The van der Waals surface area contributed by atoms with Gasteiger partial charge in [0.1, 0.15) is 0 Å². The van der Waals surface area contributed by atoms with Crippen molar-refractivity contribution >= 4 is 33.0 Å². The van der Waals surface area contributed by atoms with Gasteiger partial charge in [-0.1, -0.05) is 32.4 Å². The fourth-order valence-electron chi connectivity index (χ4n) is 6.03. The second-order valence-electron chi connectivity index (χ2n) is 10.5. The minimum atomic E-state index is -3.99. The molecular weight excluding hydrogens is 512 g/mol. The van der Waals surface area contributed by atoms with Crippen molar-refractivity contribution in [1.29, 1.82) is 0 Å². The SMILES string of the molecule is CC(C)C(O)[C@@]1(O)C2CC(S(=O)(=O)c3cc(C(=O)Nc4ccc(F)c(F)c4)ccc3Cl)CC1[C@@H](C)C2. The van der Waals surface area contributed by atoms with Crippen molar-refractivity contribution in [3.63, 3.8) is 0 Å². The number of fused-ring (bicyclic) bond motifs is 2. The number of sulfone groups is 1. The van der Waals surface area contributed by atoms with E-state index in [9.17, 15) is 32.2 Å². The van der Waals surface area contributed by atoms with Crippen LogP contribution in [-0.2, 0) is 9.84 Å². The molecule has 2 saturated carbocycles. The average Bonchev–Trinajstić information content (AvgIpc) is 2.94. The minimum Gasteiger partial charge on any atom is -0.390 e. The van der Waals surface area contributed by atoms with Crippen LogP contribution in [0.15, 0.2) is 41.3 Å². The number of rotatable bonds is 6. The molecule has 2 aliphatic carbocycles. The molecule has 196 valence electrons. The number of aliphatic hydroxyl groups excluding tert-OH is 1. The van der Waals surface area contributed by atoms with Crippen LogP contribution < -0.4 is 5.32 Å². The third-order valence-corrected chi connectivity index (χ3v) is 10.5. The van der Waals surface area contributed by atoms with E-state index in [0.29, 0.717) is 6.42 Å². The van der Waals surface area contributed by atoms with Gasteiger partial charge >= 0.3 is 0 Å². The van der Waals surface area contributed by atoms with Crippen molar-refractivity contribution in [2.75, 3.05) is 5.32 Å². The van der Waals surface area contributed by atoms with Gasteiger partial charge in [0, 0.05) is 17.3 Å². The molecule has 36 heavy (non-hydrogen) atoms. The predicted molar refractivity (Wildman–Crippen MR) is 133 cm³/mol. The van der Waals surface area contributed by atoms with Crippen LogP contribution in [0.3, 0.4) is 0 Å². The Hall–Kier alpha value is -2.07. The van der Waals surface area contributed by atoms with Crippen molar-refractivity contribution in [3.8, 4) is 0 Å². The molecule has 6 nitrogen and oxygen atoms in total. The lowest BCUT2D eigenvalue weighted by Gasteiger charge is -2.47. The van der Waals surface area contributed by atoms with Gasteiger partial charge in [0.15, 0.2) is 21.5 Å². The van der Waals surface area contributed by atoms with E-state index >= 15 is 0 Å². The monoisotopic (exact) mass is 541 g/mol. The fraction of sp³-hybridized carbons (Fsp3) is 0.500. The number of nitrogens with one attached hydrogen (secondary N) is 1. The van der Waals surface area contributed by atoms with E-state index in [2.05, 4.69) is 5.32 Å². The summed E-state index contributed by atoms with van der Waals surface area (Å²) in [5.41, 5.74) is -1.35. The fourth-order valence-corrected chi connectivity index (χ4v) is 8.41. The van der Waals surface area contributed by atoms with Gasteiger partial charge in [-0.05, 0) is 73.3 Å². The summed E-state index contributed by atoms with van der Waals surface area (Å²) < 4.78 is 54.1. The van der Waals surface area contributed by atoms with Crippen LogP contribution in [0.2, 0.25) is 5.02 Å². The number of halogens is 3. The molecule has 0 heterocycles. The maximum Gasteiger partial charge on any atom is 0.255 e. The van der Waals surface area contributed by atoms with Crippen molar-refractivity contribution < 1.29 is 32.2 Å². The summed E-state index contributed by atoms with van der Waals surface area (Å²) in [5, 5.41) is 23.9. The number of carbonyl (C=O) groups excluding carboxylic acids is 1. The van der Waals surface area contributed by atoms with Gasteiger partial charge in [0.05, 0.1) is 26.9 Å². The molecule has 3 N–H and O–H groups in total. The van der Waals surface area contributed by atoms with Crippen molar-refractivity contribution in [1.82, 2.24) is 0 Å². The summed E-state index contributed by atoms with van der Waals surface area (Å²) in [6.45, 7) is 5.62. The lowest BCUT2D eigenvalue weighted by Crippen LogP contribution is -2.57. The second kappa shape index (κ2) is 9.67. The highest BCUT2D eigenvalue weighted by Crippen LogP contribution is 2.56. The summed E-state index contributed by atoms with van der Waals surface area (Å²) >= 11 is 6.28. The number of hydrogen-bond donors (Lipinski definition) is 3. The van der Waals surface area contributed by atoms with Crippen molar-refractivity contribution in [3.05, 3.63) is 58.6 Å². The zero-order valence-electron chi connectivity index (χ0n) is 20.2. The van der Waals surface area contributed by atoms with E-state index in [0.717, 1.165) is 12.1 Å². The average molecular weight is 542 g/mol. The molecule has 0 saturated heterocycles. The molecule has 4 rings (SSSR count). The van der Waals surface area contributed by atoms with Crippen LogP contribution in [0.4, 0.5) is 14.5 Å². The molecule has 0 radical (unpaired) electrons. The second-order valence-corrected chi connectivity index (χ2v) is 13.1. The number of anilines is 1. The van der Waals surface area contributed by atoms with E-state index < -0.39 is 50.3 Å². The summed E-state index contributed by atoms with van der Waals surface area (Å²) in [4.78, 5) is 12.5. The Bertz CT molecular complexity index is 1290. The number of carbonyl (C=O) groups is 1. The lowest BCUT2D eigenvalue weighted by molar-refractivity contribution is -0.159. The van der Waals surface area contributed by atoms with E-state index in [-0.39, 0.29) is 51.8 Å². The summed E-state index contributed by atoms with van der Waals surface area (Å²) in [7, 11) is -3.99. The highest BCUT2D eigenvalue weighted by atomic mass is 35.5. The Balaban J connectivity index is 1.61. The predicted octanol–water partition coefficient (Wildman–Crippen LogP) is 4.83. The summed E-state index contributed by atoms with van der Waals surface area (Å²) in [5.74, 6) is -3.82. The first kappa shape index (κ1) is 27.0. The molecule has 6 atom stereocenters. The Morgan fingerprint density at radius 1 is 1.11 bits per heavy atom. The van der Waals surface area contributed by atoms with Gasteiger partial charge in [0.25, 0.3) is 5.91 Å². The molecule has 0 aromatic heterocycles. The minimum absolute atomic E-state index is 0.0124. The smallest absolute Gasteiger partial charge is 0.255 e. The normalized spacial score (nSPS) is 28.8. The van der Waals surface area contributed by atoms with Gasteiger partial charge in [0.2, 0.25) is 0 Å². The molecular formula is C26H30ClF2NO5S. The van der Waals surface area contributed by atoms with Gasteiger partial charge < -0.3 is 15.5 Å². The van der Waals surface area contributed by atoms with Gasteiger partial charge in [-0.3, -0.25) is 4.79 Å². The van der Waals surface area contributed by atoms with Gasteiger partial charge in [-0.25, -0.2) is 17.2 Å². The molecule has 2 aromatic rings.